The predicted molar refractivity (Wildman–Crippen MR) is 215 cm³/mol. The van der Waals surface area contributed by atoms with Gasteiger partial charge in [0.25, 0.3) is 0 Å². The van der Waals surface area contributed by atoms with Crippen molar-refractivity contribution in [3.63, 3.8) is 0 Å². The highest BCUT2D eigenvalue weighted by atomic mass is 16.5. The van der Waals surface area contributed by atoms with Crippen molar-refractivity contribution in [2.45, 2.75) is 63.0 Å². The largest absolute Gasteiger partial charge is 0.497 e. The second kappa shape index (κ2) is 13.5. The second-order valence-electron chi connectivity index (χ2n) is 15.3. The summed E-state index contributed by atoms with van der Waals surface area (Å²) >= 11 is 0. The van der Waals surface area contributed by atoms with Crippen molar-refractivity contribution in [3.8, 4) is 11.5 Å². The summed E-state index contributed by atoms with van der Waals surface area (Å²) in [6.07, 6.45) is 11.3. The lowest BCUT2D eigenvalue weighted by Gasteiger charge is -2.43. The van der Waals surface area contributed by atoms with Gasteiger partial charge in [0.15, 0.2) is 5.72 Å². The van der Waals surface area contributed by atoms with Crippen LogP contribution in [-0.2, 0) is 15.6 Å². The Balaban J connectivity index is 1.39. The number of methoxy groups -OCH3 is 3. The number of rotatable bonds is 9. The molecular formula is C47H52N2O3. The van der Waals surface area contributed by atoms with Crippen LogP contribution in [0.2, 0.25) is 0 Å². The molecule has 0 fully saturated rings. The summed E-state index contributed by atoms with van der Waals surface area (Å²) in [4.78, 5) is 4.62. The number of allylic oxidation sites excluding steroid dienone is 7. The molecule has 0 aromatic heterocycles. The molecule has 0 saturated heterocycles. The van der Waals surface area contributed by atoms with Crippen LogP contribution in [0.5, 0.6) is 11.5 Å². The number of nitrogens with zero attached hydrogens (tertiary/aromatic N) is 2. The predicted octanol–water partition coefficient (Wildman–Crippen LogP) is 10.5. The van der Waals surface area contributed by atoms with Crippen LogP contribution < -0.4 is 19.3 Å². The lowest BCUT2D eigenvalue weighted by molar-refractivity contribution is -0.0129. The van der Waals surface area contributed by atoms with Crippen molar-refractivity contribution in [2.75, 3.05) is 45.2 Å². The van der Waals surface area contributed by atoms with Crippen LogP contribution in [0.1, 0.15) is 68.7 Å². The molecule has 3 aliphatic rings. The molecule has 0 amide bonds. The summed E-state index contributed by atoms with van der Waals surface area (Å²) < 4.78 is 17.8. The molecule has 268 valence electrons. The Morgan fingerprint density at radius 3 is 1.83 bits per heavy atom. The minimum absolute atomic E-state index is 0.0687. The third-order valence-corrected chi connectivity index (χ3v) is 12.0. The highest BCUT2D eigenvalue weighted by Crippen LogP contribution is 2.54. The zero-order valence-electron chi connectivity index (χ0n) is 32.2. The maximum absolute atomic E-state index is 6.57. The van der Waals surface area contributed by atoms with Crippen LogP contribution >= 0.6 is 0 Å². The van der Waals surface area contributed by atoms with Crippen molar-refractivity contribution in [2.24, 2.45) is 0 Å². The molecule has 0 bridgehead atoms. The lowest BCUT2D eigenvalue weighted by Crippen LogP contribution is -2.54. The Bertz CT molecular complexity index is 2050. The number of hydrogen-bond acceptors (Lipinski definition) is 5. The molecule has 1 aliphatic carbocycles. The van der Waals surface area contributed by atoms with Crippen LogP contribution in [0.4, 0.5) is 11.4 Å². The van der Waals surface area contributed by atoms with Gasteiger partial charge in [0.2, 0.25) is 0 Å². The van der Waals surface area contributed by atoms with Gasteiger partial charge in [-0.15, -0.1) is 0 Å². The molecule has 2 aliphatic heterocycles. The fourth-order valence-corrected chi connectivity index (χ4v) is 9.12. The monoisotopic (exact) mass is 692 g/mol. The maximum atomic E-state index is 6.57. The van der Waals surface area contributed by atoms with E-state index < -0.39 is 5.72 Å². The SMILES string of the molecule is COc1ccc2c(c1)C(C)(C)C(=CC=C1CCC(C=CC3(OC)N(C)c4ccc(OC)cc4C3(C)C)=C1C(c1ccccc1)c1ccccc1)N2C. The number of anilines is 2. The molecule has 0 radical (unpaired) electrons. The molecule has 0 saturated carbocycles. The van der Waals surface area contributed by atoms with Gasteiger partial charge in [0, 0.05) is 55.0 Å². The highest BCUT2D eigenvalue weighted by molar-refractivity contribution is 5.72. The average molecular weight is 693 g/mol. The molecular weight excluding hydrogens is 641 g/mol. The molecule has 4 aromatic rings. The van der Waals surface area contributed by atoms with Crippen LogP contribution in [0.25, 0.3) is 0 Å². The Kier molecular flexibility index (Phi) is 9.21. The van der Waals surface area contributed by atoms with Crippen molar-refractivity contribution < 1.29 is 14.2 Å². The van der Waals surface area contributed by atoms with E-state index in [9.17, 15) is 0 Å². The minimum atomic E-state index is -0.702. The van der Waals surface area contributed by atoms with E-state index in [0.717, 1.165) is 30.0 Å². The Labute approximate surface area is 310 Å². The molecule has 5 nitrogen and oxygen atoms in total. The zero-order chi connectivity index (χ0) is 36.8. The molecule has 0 N–H and O–H groups in total. The molecule has 5 heteroatoms. The summed E-state index contributed by atoms with van der Waals surface area (Å²) in [5, 5.41) is 0. The van der Waals surface area contributed by atoms with Crippen LogP contribution in [0.3, 0.4) is 0 Å². The Morgan fingerprint density at radius 2 is 1.25 bits per heavy atom. The van der Waals surface area contributed by atoms with Gasteiger partial charge >= 0.3 is 0 Å². The smallest absolute Gasteiger partial charge is 0.169 e. The van der Waals surface area contributed by atoms with Crippen molar-refractivity contribution in [1.29, 1.82) is 0 Å². The fourth-order valence-electron chi connectivity index (χ4n) is 9.12. The van der Waals surface area contributed by atoms with Gasteiger partial charge < -0.3 is 24.0 Å². The Morgan fingerprint density at radius 1 is 0.673 bits per heavy atom. The van der Waals surface area contributed by atoms with E-state index in [1.54, 1.807) is 14.2 Å². The van der Waals surface area contributed by atoms with Crippen LogP contribution in [0.15, 0.2) is 144 Å². The van der Waals surface area contributed by atoms with E-state index in [-0.39, 0.29) is 16.7 Å². The molecule has 52 heavy (non-hydrogen) atoms. The first-order chi connectivity index (χ1) is 25.0. The zero-order valence-corrected chi connectivity index (χ0v) is 32.2. The number of hydrogen-bond donors (Lipinski definition) is 0. The van der Waals surface area contributed by atoms with Gasteiger partial charge in [-0.2, -0.15) is 0 Å². The highest BCUT2D eigenvalue weighted by Gasteiger charge is 2.55. The summed E-state index contributed by atoms with van der Waals surface area (Å²) in [6.45, 7) is 9.17. The van der Waals surface area contributed by atoms with Crippen LogP contribution in [-0.4, -0.2) is 41.1 Å². The first-order valence-electron chi connectivity index (χ1n) is 18.3. The van der Waals surface area contributed by atoms with E-state index in [1.807, 2.05) is 13.2 Å². The van der Waals surface area contributed by atoms with Crippen molar-refractivity contribution in [3.05, 3.63) is 166 Å². The maximum Gasteiger partial charge on any atom is 0.169 e. The summed E-state index contributed by atoms with van der Waals surface area (Å²) in [7, 11) is 9.61. The van der Waals surface area contributed by atoms with Gasteiger partial charge in [0.1, 0.15) is 11.5 Å². The summed E-state index contributed by atoms with van der Waals surface area (Å²) in [5.41, 5.74) is 11.5. The fraction of sp³-hybridized carbons (Fsp3) is 0.319. The molecule has 7 rings (SSSR count). The van der Waals surface area contributed by atoms with Gasteiger partial charge in [0.05, 0.1) is 14.2 Å². The molecule has 2 heterocycles. The first-order valence-corrected chi connectivity index (χ1v) is 18.3. The molecule has 1 atom stereocenters. The average Bonchev–Trinajstić information content (AvgIpc) is 3.70. The van der Waals surface area contributed by atoms with E-state index in [0.29, 0.717) is 0 Å². The number of likely N-dealkylation sites (N-methyl/N-ethyl adjacent to an activating group) is 2. The van der Waals surface area contributed by atoms with E-state index in [2.05, 4.69) is 167 Å². The summed E-state index contributed by atoms with van der Waals surface area (Å²) in [5.74, 6) is 1.81. The van der Waals surface area contributed by atoms with Crippen molar-refractivity contribution >= 4 is 11.4 Å². The van der Waals surface area contributed by atoms with Gasteiger partial charge in [-0.25, -0.2) is 0 Å². The summed E-state index contributed by atoms with van der Waals surface area (Å²) in [6, 6.07) is 34.7. The third kappa shape index (κ3) is 5.58. The quantitative estimate of drug-likeness (QED) is 0.174. The van der Waals surface area contributed by atoms with Gasteiger partial charge in [-0.3, -0.25) is 0 Å². The molecule has 0 spiro atoms. The number of fused-ring (bicyclic) bond motifs is 2. The lowest BCUT2D eigenvalue weighted by atomic mass is 9.76. The van der Waals surface area contributed by atoms with Gasteiger partial charge in [-0.1, -0.05) is 101 Å². The number of benzene rings is 4. The number of ether oxygens (including phenoxy) is 3. The third-order valence-electron chi connectivity index (χ3n) is 12.0. The standard InChI is InChI=1S/C47H52N2O3/c1-45(2)38-30-36(50-7)23-25-40(38)48(5)42(45)27-22-34-20-21-35(44(34)43(32-16-12-10-13-17-32)33-18-14-11-15-19-33)28-29-47(52-9)46(3,4)39-31-37(51-8)24-26-41(39)49(47)6/h10-19,22-31,43H,20-21H2,1-9H3. The van der Waals surface area contributed by atoms with Crippen LogP contribution in [0, 0.1) is 0 Å². The Hall–Kier alpha value is -5.00. The van der Waals surface area contributed by atoms with E-state index in [1.165, 1.54) is 50.4 Å². The normalized spacial score (nSPS) is 21.9. The second-order valence-corrected chi connectivity index (χ2v) is 15.3. The first kappa shape index (κ1) is 35.4. The van der Waals surface area contributed by atoms with Crippen molar-refractivity contribution in [1.82, 2.24) is 0 Å². The molecule has 4 aromatic carbocycles. The topological polar surface area (TPSA) is 34.2 Å². The van der Waals surface area contributed by atoms with Gasteiger partial charge in [-0.05, 0) is 100 Å². The molecule has 1 unspecified atom stereocenters. The van der Waals surface area contributed by atoms with E-state index >= 15 is 0 Å². The van der Waals surface area contributed by atoms with E-state index in [4.69, 9.17) is 14.2 Å². The minimum Gasteiger partial charge on any atom is -0.497 e.